The Balaban J connectivity index is 1.79. The van der Waals surface area contributed by atoms with Crippen molar-refractivity contribution in [2.24, 2.45) is 0 Å². The number of hydrogen-bond donors (Lipinski definition) is 1. The van der Waals surface area contributed by atoms with E-state index in [0.29, 0.717) is 21.9 Å². The summed E-state index contributed by atoms with van der Waals surface area (Å²) in [5.74, 6) is 0.0319. The van der Waals surface area contributed by atoms with Gasteiger partial charge in [0.05, 0.1) is 10.5 Å². The number of nitriles is 1. The second-order valence-electron chi connectivity index (χ2n) is 4.70. The highest BCUT2D eigenvalue weighted by molar-refractivity contribution is 7.14. The highest BCUT2D eigenvalue weighted by atomic mass is 32.1. The summed E-state index contributed by atoms with van der Waals surface area (Å²) in [6, 6.07) is 12.5. The maximum absolute atomic E-state index is 12.2. The van der Waals surface area contributed by atoms with Crippen molar-refractivity contribution in [1.82, 2.24) is 0 Å². The smallest absolute Gasteiger partial charge is 0.292 e. The molecule has 2 heterocycles. The molecule has 118 valence electrons. The third-order valence-electron chi connectivity index (χ3n) is 3.21. The van der Waals surface area contributed by atoms with E-state index in [9.17, 15) is 14.9 Å². The van der Waals surface area contributed by atoms with E-state index in [-0.39, 0.29) is 11.4 Å². The second kappa shape index (κ2) is 6.36. The number of furan rings is 1. The van der Waals surface area contributed by atoms with Gasteiger partial charge in [0, 0.05) is 17.7 Å². The molecule has 3 rings (SSSR count). The number of anilines is 1. The summed E-state index contributed by atoms with van der Waals surface area (Å²) in [6.07, 6.45) is 0. The van der Waals surface area contributed by atoms with Crippen molar-refractivity contribution in [3.63, 3.8) is 0 Å². The third kappa shape index (κ3) is 3.02. The molecule has 0 fully saturated rings. The third-order valence-corrected chi connectivity index (χ3v) is 4.04. The fourth-order valence-corrected chi connectivity index (χ4v) is 2.75. The molecule has 0 radical (unpaired) electrons. The SMILES string of the molecule is N#Cc1ccsc1NC(=O)c1ccc(-c2ccc([N+](=O)[O-])cc2)o1. The van der Waals surface area contributed by atoms with E-state index in [2.05, 4.69) is 5.32 Å². The molecule has 0 saturated carbocycles. The molecule has 1 N–H and O–H groups in total. The molecule has 0 atom stereocenters. The molecule has 0 unspecified atom stereocenters. The van der Waals surface area contributed by atoms with Gasteiger partial charge in [0.2, 0.25) is 0 Å². The van der Waals surface area contributed by atoms with Gasteiger partial charge >= 0.3 is 0 Å². The van der Waals surface area contributed by atoms with Crippen LogP contribution in [0.25, 0.3) is 11.3 Å². The molecule has 0 aliphatic heterocycles. The average molecular weight is 339 g/mol. The fourth-order valence-electron chi connectivity index (χ4n) is 2.02. The Hall–Kier alpha value is -3.44. The van der Waals surface area contributed by atoms with E-state index in [1.165, 1.54) is 29.5 Å². The number of hydrogen-bond acceptors (Lipinski definition) is 6. The van der Waals surface area contributed by atoms with Crippen molar-refractivity contribution >= 4 is 27.9 Å². The Morgan fingerprint density at radius 2 is 1.96 bits per heavy atom. The lowest BCUT2D eigenvalue weighted by Crippen LogP contribution is -2.10. The summed E-state index contributed by atoms with van der Waals surface area (Å²) in [5, 5.41) is 24.4. The molecule has 0 saturated heterocycles. The Bertz CT molecular complexity index is 950. The molecule has 1 aromatic carbocycles. The van der Waals surface area contributed by atoms with Crippen molar-refractivity contribution in [3.05, 3.63) is 69.3 Å². The maximum atomic E-state index is 12.2. The fraction of sp³-hybridized carbons (Fsp3) is 0. The molecule has 0 bridgehead atoms. The second-order valence-corrected chi connectivity index (χ2v) is 5.61. The minimum Gasteiger partial charge on any atom is -0.451 e. The number of nitro benzene ring substituents is 1. The molecule has 1 amide bonds. The summed E-state index contributed by atoms with van der Waals surface area (Å²) in [4.78, 5) is 22.3. The monoisotopic (exact) mass is 339 g/mol. The normalized spacial score (nSPS) is 10.1. The molecule has 3 aromatic rings. The van der Waals surface area contributed by atoms with Crippen molar-refractivity contribution in [1.29, 1.82) is 5.26 Å². The van der Waals surface area contributed by atoms with Gasteiger partial charge in [0.15, 0.2) is 5.76 Å². The first kappa shape index (κ1) is 15.5. The Labute approximate surface area is 139 Å². The lowest BCUT2D eigenvalue weighted by Gasteiger charge is -2.00. The number of nitro groups is 1. The summed E-state index contributed by atoms with van der Waals surface area (Å²) in [6.45, 7) is 0. The highest BCUT2D eigenvalue weighted by Gasteiger charge is 2.15. The molecule has 0 aliphatic carbocycles. The van der Waals surface area contributed by atoms with Crippen LogP contribution in [0.3, 0.4) is 0 Å². The van der Waals surface area contributed by atoms with Crippen LogP contribution in [-0.4, -0.2) is 10.8 Å². The number of rotatable bonds is 4. The lowest BCUT2D eigenvalue weighted by atomic mass is 10.1. The Kier molecular flexibility index (Phi) is 4.09. The van der Waals surface area contributed by atoms with Gasteiger partial charge in [-0.15, -0.1) is 11.3 Å². The number of carbonyl (C=O) groups is 1. The lowest BCUT2D eigenvalue weighted by molar-refractivity contribution is -0.384. The summed E-state index contributed by atoms with van der Waals surface area (Å²) < 4.78 is 5.49. The number of non-ortho nitro benzene ring substituents is 1. The van der Waals surface area contributed by atoms with Gasteiger partial charge in [-0.05, 0) is 35.7 Å². The number of nitrogens with one attached hydrogen (secondary N) is 1. The summed E-state index contributed by atoms with van der Waals surface area (Å²) in [7, 11) is 0. The van der Waals surface area contributed by atoms with E-state index in [1.54, 1.807) is 29.6 Å². The molecule has 2 aromatic heterocycles. The first-order chi connectivity index (χ1) is 11.6. The maximum Gasteiger partial charge on any atom is 0.292 e. The van der Waals surface area contributed by atoms with Crippen molar-refractivity contribution in [2.75, 3.05) is 5.32 Å². The molecule has 0 spiro atoms. The van der Waals surface area contributed by atoms with Crippen molar-refractivity contribution in [3.8, 4) is 17.4 Å². The van der Waals surface area contributed by atoms with E-state index in [1.807, 2.05) is 6.07 Å². The van der Waals surface area contributed by atoms with Gasteiger partial charge in [0.1, 0.15) is 16.8 Å². The van der Waals surface area contributed by atoms with Gasteiger partial charge in [0.25, 0.3) is 11.6 Å². The van der Waals surface area contributed by atoms with E-state index < -0.39 is 10.8 Å². The molecular weight excluding hydrogens is 330 g/mol. The van der Waals surface area contributed by atoms with Crippen molar-refractivity contribution in [2.45, 2.75) is 0 Å². The largest absolute Gasteiger partial charge is 0.451 e. The van der Waals surface area contributed by atoms with Crippen LogP contribution >= 0.6 is 11.3 Å². The van der Waals surface area contributed by atoms with Gasteiger partial charge < -0.3 is 9.73 Å². The van der Waals surface area contributed by atoms with Gasteiger partial charge in [-0.1, -0.05) is 0 Å². The van der Waals surface area contributed by atoms with Crippen LogP contribution < -0.4 is 5.32 Å². The number of nitrogens with zero attached hydrogens (tertiary/aromatic N) is 2. The van der Waals surface area contributed by atoms with Crippen LogP contribution in [-0.2, 0) is 0 Å². The Morgan fingerprint density at radius 3 is 2.62 bits per heavy atom. The Morgan fingerprint density at radius 1 is 1.21 bits per heavy atom. The number of carbonyl (C=O) groups excluding carboxylic acids is 1. The first-order valence-corrected chi connectivity index (χ1v) is 7.60. The van der Waals surface area contributed by atoms with Crippen LogP contribution in [0.15, 0.2) is 52.3 Å². The van der Waals surface area contributed by atoms with Crippen LogP contribution in [0.5, 0.6) is 0 Å². The minimum absolute atomic E-state index is 0.0231. The number of thiophene rings is 1. The average Bonchev–Trinajstić information content (AvgIpc) is 3.24. The molecule has 8 heteroatoms. The predicted molar refractivity (Wildman–Crippen MR) is 87.8 cm³/mol. The van der Waals surface area contributed by atoms with Crippen LogP contribution in [0.2, 0.25) is 0 Å². The first-order valence-electron chi connectivity index (χ1n) is 6.72. The van der Waals surface area contributed by atoms with Crippen LogP contribution in [0, 0.1) is 21.4 Å². The van der Waals surface area contributed by atoms with Gasteiger partial charge in [-0.2, -0.15) is 5.26 Å². The highest BCUT2D eigenvalue weighted by Crippen LogP contribution is 2.26. The number of benzene rings is 1. The molecule has 24 heavy (non-hydrogen) atoms. The molecule has 7 nitrogen and oxygen atoms in total. The van der Waals surface area contributed by atoms with Crippen molar-refractivity contribution < 1.29 is 14.1 Å². The van der Waals surface area contributed by atoms with Crippen LogP contribution in [0.4, 0.5) is 10.7 Å². The van der Waals surface area contributed by atoms with E-state index in [4.69, 9.17) is 9.68 Å². The zero-order valence-corrected chi connectivity index (χ0v) is 12.9. The quantitative estimate of drug-likeness (QED) is 0.570. The predicted octanol–water partition coefficient (Wildman–Crippen LogP) is 4.04. The zero-order chi connectivity index (χ0) is 17.1. The molecule has 0 aliphatic rings. The molecular formula is C16H9N3O4S. The van der Waals surface area contributed by atoms with Gasteiger partial charge in [-0.25, -0.2) is 0 Å². The summed E-state index contributed by atoms with van der Waals surface area (Å²) in [5.41, 5.74) is 0.981. The van der Waals surface area contributed by atoms with E-state index in [0.717, 1.165) is 0 Å². The van der Waals surface area contributed by atoms with E-state index >= 15 is 0 Å². The van der Waals surface area contributed by atoms with Crippen LogP contribution in [0.1, 0.15) is 16.1 Å². The topological polar surface area (TPSA) is 109 Å². The number of amides is 1. The van der Waals surface area contributed by atoms with Gasteiger partial charge in [-0.3, -0.25) is 14.9 Å². The summed E-state index contributed by atoms with van der Waals surface area (Å²) >= 11 is 1.24. The standard InChI is InChI=1S/C16H9N3O4S/c17-9-11-7-8-24-16(11)18-15(20)14-6-5-13(23-14)10-1-3-12(4-2-10)19(21)22/h1-8H,(H,18,20). The zero-order valence-electron chi connectivity index (χ0n) is 12.1. The minimum atomic E-state index is -0.488.